The van der Waals surface area contributed by atoms with E-state index in [1.54, 1.807) is 41.9 Å². The highest BCUT2D eigenvalue weighted by Gasteiger charge is 2.60. The largest absolute Gasteiger partial charge is 0.394 e. The Kier molecular flexibility index (Phi) is 43.8. The molecule has 0 unspecified atom stereocenters. The Morgan fingerprint density at radius 3 is 0.978 bits per heavy atom. The molecule has 0 aromatic rings. The van der Waals surface area contributed by atoms with Crippen LogP contribution < -0.4 is 113 Å². The van der Waals surface area contributed by atoms with Crippen LogP contribution in [0, 0.1) is 0 Å². The molecule has 13 aliphatic rings. The van der Waals surface area contributed by atoms with E-state index in [9.17, 15) is 86.8 Å². The number of likely N-dealkylation sites (N-methyl/N-ethyl adjacent to an activating group) is 4. The van der Waals surface area contributed by atoms with Crippen LogP contribution in [0.3, 0.4) is 0 Å². The molecule has 0 spiro atoms. The normalized spacial score (nSPS) is 51.9. The van der Waals surface area contributed by atoms with Gasteiger partial charge in [-0.3, -0.25) is 0 Å². The second-order valence-corrected chi connectivity index (χ2v) is 39.9. The molecule has 57 atom stereocenters. The lowest BCUT2D eigenvalue weighted by Gasteiger charge is -2.48. The third-order valence-corrected chi connectivity index (χ3v) is 28.9. The summed E-state index contributed by atoms with van der Waals surface area (Å²) in [5.74, 6) is 0. The molecule has 4 saturated carbocycles. The summed E-state index contributed by atoms with van der Waals surface area (Å²) in [5.41, 5.74) is 93.8. The Morgan fingerprint density at radius 1 is 0.304 bits per heavy atom. The Bertz CT molecular complexity index is 3570. The van der Waals surface area contributed by atoms with E-state index in [2.05, 4.69) is 21.3 Å². The summed E-state index contributed by atoms with van der Waals surface area (Å²) in [6.45, 7) is 7.21. The molecule has 9 saturated heterocycles. The van der Waals surface area contributed by atoms with E-state index in [0.717, 1.165) is 19.3 Å². The van der Waals surface area contributed by atoms with Gasteiger partial charge in [0, 0.05) is 73.5 Å². The Hall–Kier alpha value is -2.20. The molecule has 138 heavy (non-hydrogen) atoms. The number of ether oxygens (including phenoxy) is 18. The van der Waals surface area contributed by atoms with Crippen molar-refractivity contribution in [3.8, 4) is 0 Å². The highest BCUT2D eigenvalue weighted by molar-refractivity contribution is 5.09. The predicted molar refractivity (Wildman–Crippen MR) is 482 cm³/mol. The number of aliphatic hydroxyl groups excluding tert-OH is 14. The molecule has 13 rings (SSSR count). The van der Waals surface area contributed by atoms with Gasteiger partial charge in [-0.25, -0.2) is 0 Å². The van der Waals surface area contributed by atoms with Crippen molar-refractivity contribution < 1.29 is 172 Å². The smallest absolute Gasteiger partial charge is 0.187 e. The zero-order chi connectivity index (χ0) is 102. The maximum atomic E-state index is 11.1. The van der Waals surface area contributed by atoms with Crippen molar-refractivity contribution in [2.24, 2.45) is 91.7 Å². The summed E-state index contributed by atoms with van der Waals surface area (Å²) in [6, 6.07) is -11.1. The second kappa shape index (κ2) is 51.3. The van der Waals surface area contributed by atoms with Crippen LogP contribution in [0.5, 0.6) is 0 Å². The molecule has 0 aromatic heterocycles. The van der Waals surface area contributed by atoms with Gasteiger partial charge in [0.1, 0.15) is 157 Å². The van der Waals surface area contributed by atoms with Crippen LogP contribution in [0.4, 0.5) is 0 Å². The maximum absolute atomic E-state index is 11.1. The monoisotopic (exact) mass is 2010 g/mol. The average Bonchev–Trinajstić information content (AvgIpc) is 1.70. The van der Waals surface area contributed by atoms with Crippen molar-refractivity contribution in [3.63, 3.8) is 0 Å². The van der Waals surface area contributed by atoms with Crippen molar-refractivity contribution in [2.75, 3.05) is 74.3 Å². The van der Waals surface area contributed by atoms with E-state index in [4.69, 9.17) is 177 Å². The third-order valence-electron chi connectivity index (χ3n) is 28.9. The van der Waals surface area contributed by atoms with Gasteiger partial charge >= 0.3 is 0 Å². The zero-order valence-corrected chi connectivity index (χ0v) is 79.9. The summed E-state index contributed by atoms with van der Waals surface area (Å²) in [6.07, 6.45) is -33.8. The van der Waals surface area contributed by atoms with Crippen LogP contribution in [0.2, 0.25) is 0 Å². The van der Waals surface area contributed by atoms with E-state index >= 15 is 0 Å². The molecule has 53 N–H and O–H groups in total. The Labute approximate surface area is 802 Å². The molecule has 55 nitrogen and oxygen atoms in total. The van der Waals surface area contributed by atoms with Gasteiger partial charge in [-0.1, -0.05) is 0 Å². The van der Waals surface area contributed by atoms with E-state index in [1.165, 1.54) is 0 Å². The summed E-state index contributed by atoms with van der Waals surface area (Å²) < 4.78 is 105. The van der Waals surface area contributed by atoms with Gasteiger partial charge in [-0.2, -0.15) is 0 Å². The molecule has 0 aromatic carbocycles. The first kappa shape index (κ1) is 118. The van der Waals surface area contributed by atoms with Gasteiger partial charge in [0.15, 0.2) is 56.6 Å². The highest BCUT2D eigenvalue weighted by atomic mass is 16.8. The first-order valence-corrected chi connectivity index (χ1v) is 47.8. The van der Waals surface area contributed by atoms with Crippen LogP contribution in [0.1, 0.15) is 98.8 Å². The highest BCUT2D eigenvalue weighted by Crippen LogP contribution is 2.40. The number of nitrogens with two attached hydrogens (primary N) is 16. The topological polar surface area (TPSA) is 974 Å². The van der Waals surface area contributed by atoms with Gasteiger partial charge in [0.2, 0.25) is 0 Å². The summed E-state index contributed by atoms with van der Waals surface area (Å²) in [4.78, 5) is 0. The average molecular weight is 2010 g/mol. The lowest BCUT2D eigenvalue weighted by atomic mass is 9.84. The molecule has 13 fully saturated rings. The van der Waals surface area contributed by atoms with E-state index in [1.807, 2.05) is 20.9 Å². The van der Waals surface area contributed by atoms with Crippen LogP contribution in [0.25, 0.3) is 0 Å². The molecule has 0 bridgehead atoms. The minimum absolute atomic E-state index is 0.0620. The minimum atomic E-state index is -1.62. The van der Waals surface area contributed by atoms with E-state index in [0.29, 0.717) is 45.1 Å². The number of aliphatic hydroxyl groups is 17. The molecule has 0 radical (unpaired) electrons. The van der Waals surface area contributed by atoms with Crippen molar-refractivity contribution in [1.82, 2.24) is 21.3 Å². The maximum Gasteiger partial charge on any atom is 0.187 e. The molecule has 9 heterocycles. The second-order valence-electron chi connectivity index (χ2n) is 39.9. The van der Waals surface area contributed by atoms with Gasteiger partial charge < -0.3 is 285 Å². The molecule has 55 heteroatoms. The number of nitrogens with one attached hydrogen (secondary N) is 4. The van der Waals surface area contributed by atoms with Gasteiger partial charge in [-0.05, 0) is 127 Å². The fraction of sp³-hybridized carbons (Fsp3) is 1.00. The van der Waals surface area contributed by atoms with Crippen molar-refractivity contribution >= 4 is 0 Å². The number of hydrogen-bond donors (Lipinski definition) is 37. The zero-order valence-electron chi connectivity index (χ0n) is 79.9. The van der Waals surface area contributed by atoms with E-state index < -0.39 is 312 Å². The summed E-state index contributed by atoms with van der Waals surface area (Å²) >= 11 is 0. The molecular weight excluding hydrogens is 1840 g/mol. The Morgan fingerprint density at radius 2 is 0.616 bits per heavy atom. The van der Waals surface area contributed by atoms with Crippen LogP contribution in [0.15, 0.2) is 0 Å². The number of rotatable bonds is 28. The molecular formula is C83H168N20O35. The summed E-state index contributed by atoms with van der Waals surface area (Å²) in [7, 11) is 6.74. The van der Waals surface area contributed by atoms with Gasteiger partial charge in [0.05, 0.1) is 106 Å². The molecule has 810 valence electrons. The summed E-state index contributed by atoms with van der Waals surface area (Å²) in [5, 5.41) is 191. The lowest BCUT2D eigenvalue weighted by molar-refractivity contribution is -0.310. The van der Waals surface area contributed by atoms with Crippen molar-refractivity contribution in [3.05, 3.63) is 0 Å². The van der Waals surface area contributed by atoms with E-state index in [-0.39, 0.29) is 81.3 Å². The quantitative estimate of drug-likeness (QED) is 0.0346. The first-order chi connectivity index (χ1) is 64.9. The van der Waals surface area contributed by atoms with Crippen LogP contribution >= 0.6 is 0 Å². The van der Waals surface area contributed by atoms with Gasteiger partial charge in [0.25, 0.3) is 0 Å². The standard InChI is InChI=1S/C23H45N5O14.C21H43N5O7.C20H41N5O7.C19H39N5O7/c24-2-7-13(32)15(34)10(27)21(37-7)41-19-9(4-30)39-23(17(19)36)42-20-12(31)5(25)1-6(26)18(20)40-22-11(28)16(35)14(33)8(3-29)38-22;1-9(25-3)13-6-5-10(22)19(31-13)32-16-11(23)7-12(24)17(14(16)27)33-20-15(28)18(26-4)21(2,29)8-30-20;1-8(21)12-5-4-9(22)18(30-12)31-15-10(23)6-11(24)16(13(15)26)32-19-14(27)17(25-3)20(2,28)7-29-19;1-19(27)7-28-18(13(26)16(19)24-2)31-15-11(23)5-10(22)14(12(15)25)30-17-9(21)4-3-8(6-20)29-17/h5-23,29-36H,1-4,24-28H2;9-20,25-29H,5-8,22-24H2,1-4H3;8-19,25-28H,4-7,21-24H2,1-3H3;8-18,24-27H,3-7,20-23H2,1-2H3/t5-,6+,7+,8-,9-,10-,11-,12+,13-,14-,15-,16-,17-,18-,19-,20-,21-,22-,23+;9-,10-,11+,12-,13+,14+,15-,16-,17+,18-,19-,20-,21+;8-,9-,10+,11-,12+,13+,14-,15-,16+,17-,18-,19-,20+;8-,9+,10-,11+,12-,13+,14+,15-,16+,17+,18+,19-/m1110/s1. The fourth-order valence-electron chi connectivity index (χ4n) is 20.3. The SMILES string of the molecule is CN[C@@H]1[C@@H](O)[C@@H](O[C@@H]2[C@@H](O)[C@H](O[C@H]3O[C@H](CN)CC[C@H]3N)[C@@H](N)C[C@H]2N)OC[C@]1(C)O.CN[C@@H]1[C@@H](O)[C@@H](O[C@@H]2[C@@H](O)[C@H](O[C@H]3O[C@H]([C@@H](C)N)CC[C@H]3N)[C@@H](N)C[C@H]2N)OC[C@]1(C)O.CN[C@@H]1[C@@H](O)[C@@H](O[C@@H]2[C@@H](O)[C@H](O[C@H]3O[C@H]([C@@H](C)NC)CC[C@H]3N)[C@@H](N)C[C@H]2N)OC[C@]1(C)O.NC[C@@H]1O[C@H](O[C@H]2[C@@H](O)[C@H](O[C@@H]3[C@@H](O)[C@H](N)C[C@H](N)[C@H]3O[C@H]3O[C@H](CO)[C@@H](O)[C@H](O)[C@H]3N)O[C@@H]2CO)[C@H](N)[C@@H](O)[C@@H]1O. The van der Waals surface area contributed by atoms with Crippen LogP contribution in [-0.4, -0.2) is 508 Å². The number of hydrogen-bond acceptors (Lipinski definition) is 55. The van der Waals surface area contributed by atoms with Crippen LogP contribution in [-0.2, 0) is 85.3 Å². The fourth-order valence-corrected chi connectivity index (χ4v) is 20.3. The predicted octanol–water partition coefficient (Wildman–Crippen LogP) is -19.8. The van der Waals surface area contributed by atoms with Crippen molar-refractivity contribution in [2.45, 2.75) is 446 Å². The first-order valence-electron chi connectivity index (χ1n) is 47.8. The third kappa shape index (κ3) is 27.5. The lowest BCUT2D eigenvalue weighted by Crippen LogP contribution is -2.68. The van der Waals surface area contributed by atoms with Gasteiger partial charge in [-0.15, -0.1) is 0 Å². The molecule has 9 aliphatic heterocycles. The molecule has 0 amide bonds. The molecule has 4 aliphatic carbocycles. The minimum Gasteiger partial charge on any atom is -0.394 e. The Balaban J connectivity index is 0.000000191. The van der Waals surface area contributed by atoms with Crippen molar-refractivity contribution in [1.29, 1.82) is 0 Å².